The quantitative estimate of drug-likeness (QED) is 0.187. The standard InChI is InChI=1S/C20H32N3O11PS/c1-5-31-15(25)7-9-36-35(30,22-12(4)19(28)33-11(2)3)32-10-13-16(26)17(27)18(34-13)23-8-6-14(24)21-20(23)29/h6,8,11-13,16-18,26-27H,5,7,9-10H2,1-4H3,(H,22,30)(H,21,24,29)/t12-,13-,16-,17-,18-,35?/m1/s1. The molecule has 0 amide bonds. The average molecular weight is 554 g/mol. The first-order valence-electron chi connectivity index (χ1n) is 11.2. The second kappa shape index (κ2) is 13.5. The number of carbonyl (C=O) groups is 2. The summed E-state index contributed by atoms with van der Waals surface area (Å²) < 4.78 is 35.5. The highest BCUT2D eigenvalue weighted by Crippen LogP contribution is 2.57. The summed E-state index contributed by atoms with van der Waals surface area (Å²) in [6, 6.07) is 0.00434. The third-order valence-corrected chi connectivity index (χ3v) is 8.92. The lowest BCUT2D eigenvalue weighted by Crippen LogP contribution is -2.38. The van der Waals surface area contributed by atoms with Gasteiger partial charge in [-0.1, -0.05) is 11.4 Å². The highest BCUT2D eigenvalue weighted by molar-refractivity contribution is 8.56. The highest BCUT2D eigenvalue weighted by Gasteiger charge is 2.45. The van der Waals surface area contributed by atoms with Crippen molar-refractivity contribution in [2.24, 2.45) is 0 Å². The number of H-pyrrole nitrogens is 1. The molecule has 0 aromatic carbocycles. The smallest absolute Gasteiger partial charge is 0.330 e. The van der Waals surface area contributed by atoms with Crippen LogP contribution in [0.5, 0.6) is 0 Å². The molecule has 4 N–H and O–H groups in total. The number of esters is 2. The van der Waals surface area contributed by atoms with Gasteiger partial charge in [-0.05, 0) is 27.7 Å². The van der Waals surface area contributed by atoms with Gasteiger partial charge in [0.05, 0.1) is 25.7 Å². The molecule has 1 fully saturated rings. The van der Waals surface area contributed by atoms with Crippen molar-refractivity contribution >= 4 is 30.0 Å². The number of hydrogen-bond donors (Lipinski definition) is 4. The number of aromatic amines is 1. The molecule has 0 spiro atoms. The molecule has 14 nitrogen and oxygen atoms in total. The van der Waals surface area contributed by atoms with E-state index in [2.05, 4.69) is 5.09 Å². The Morgan fingerprint density at radius 2 is 1.97 bits per heavy atom. The Labute approximate surface area is 210 Å². The molecule has 2 rings (SSSR count). The van der Waals surface area contributed by atoms with Gasteiger partial charge in [0.15, 0.2) is 6.23 Å². The fourth-order valence-corrected chi connectivity index (χ4v) is 6.86. The fraction of sp³-hybridized carbons (Fsp3) is 0.700. The van der Waals surface area contributed by atoms with E-state index in [0.29, 0.717) is 0 Å². The summed E-state index contributed by atoms with van der Waals surface area (Å²) in [7, 11) is 0. The normalized spacial score (nSPS) is 24.3. The summed E-state index contributed by atoms with van der Waals surface area (Å²) in [4.78, 5) is 49.2. The first kappa shape index (κ1) is 30.2. The molecule has 1 unspecified atom stereocenters. The molecule has 1 aromatic heterocycles. The lowest BCUT2D eigenvalue weighted by Gasteiger charge is -2.24. The van der Waals surface area contributed by atoms with E-state index in [4.69, 9.17) is 18.7 Å². The molecule has 6 atom stereocenters. The maximum atomic E-state index is 13.5. The van der Waals surface area contributed by atoms with Crippen molar-refractivity contribution in [3.8, 4) is 0 Å². The van der Waals surface area contributed by atoms with Gasteiger partial charge < -0.3 is 28.9 Å². The molecule has 1 aliphatic heterocycles. The maximum absolute atomic E-state index is 13.5. The van der Waals surface area contributed by atoms with Crippen LogP contribution in [0.1, 0.15) is 40.3 Å². The van der Waals surface area contributed by atoms with Gasteiger partial charge in [0.1, 0.15) is 24.4 Å². The molecule has 1 saturated heterocycles. The monoisotopic (exact) mass is 553 g/mol. The van der Waals surface area contributed by atoms with Gasteiger partial charge in [0.25, 0.3) is 5.56 Å². The highest BCUT2D eigenvalue weighted by atomic mass is 32.7. The van der Waals surface area contributed by atoms with Crippen molar-refractivity contribution in [2.75, 3.05) is 19.0 Å². The largest absolute Gasteiger partial charge is 0.466 e. The number of aliphatic hydroxyl groups is 2. The Morgan fingerprint density at radius 1 is 1.28 bits per heavy atom. The lowest BCUT2D eigenvalue weighted by molar-refractivity contribution is -0.149. The van der Waals surface area contributed by atoms with Crippen LogP contribution in [0, 0.1) is 0 Å². The minimum absolute atomic E-state index is 0.0289. The summed E-state index contributed by atoms with van der Waals surface area (Å²) in [6.45, 7) is 2.19. The number of hydrogen-bond acceptors (Lipinski definition) is 12. The number of ether oxygens (including phenoxy) is 3. The van der Waals surface area contributed by atoms with Gasteiger partial charge in [-0.25, -0.2) is 9.88 Å². The van der Waals surface area contributed by atoms with Crippen molar-refractivity contribution in [2.45, 2.75) is 70.8 Å². The van der Waals surface area contributed by atoms with Gasteiger partial charge in [0, 0.05) is 18.0 Å². The molecule has 16 heteroatoms. The number of rotatable bonds is 13. The zero-order chi connectivity index (χ0) is 27.0. The van der Waals surface area contributed by atoms with Crippen molar-refractivity contribution in [3.05, 3.63) is 33.1 Å². The fourth-order valence-electron chi connectivity index (χ4n) is 3.11. The van der Waals surface area contributed by atoms with Crippen molar-refractivity contribution in [1.29, 1.82) is 0 Å². The minimum Gasteiger partial charge on any atom is -0.466 e. The second-order valence-electron chi connectivity index (χ2n) is 8.08. The van der Waals surface area contributed by atoms with Crippen LogP contribution in [0.4, 0.5) is 0 Å². The van der Waals surface area contributed by atoms with Crippen LogP contribution in [-0.4, -0.2) is 81.1 Å². The van der Waals surface area contributed by atoms with Crippen LogP contribution in [0.15, 0.2) is 21.9 Å². The molecule has 2 heterocycles. The van der Waals surface area contributed by atoms with E-state index in [1.807, 2.05) is 4.98 Å². The van der Waals surface area contributed by atoms with Crippen LogP contribution in [-0.2, 0) is 32.9 Å². The Balaban J connectivity index is 2.11. The summed E-state index contributed by atoms with van der Waals surface area (Å²) in [5.74, 6) is -1.15. The zero-order valence-electron chi connectivity index (χ0n) is 20.3. The van der Waals surface area contributed by atoms with Gasteiger partial charge in [-0.15, -0.1) is 0 Å². The van der Waals surface area contributed by atoms with E-state index in [9.17, 15) is 34.0 Å². The molecule has 1 aliphatic rings. The van der Waals surface area contributed by atoms with Crippen LogP contribution in [0.3, 0.4) is 0 Å². The summed E-state index contributed by atoms with van der Waals surface area (Å²) in [5.41, 5.74) is -1.51. The van der Waals surface area contributed by atoms with Gasteiger partial charge in [0.2, 0.25) is 0 Å². The average Bonchev–Trinajstić information content (AvgIpc) is 3.06. The maximum Gasteiger partial charge on any atom is 0.330 e. The third kappa shape index (κ3) is 8.54. The van der Waals surface area contributed by atoms with Crippen LogP contribution in [0.2, 0.25) is 0 Å². The van der Waals surface area contributed by atoms with Crippen LogP contribution >= 0.6 is 18.1 Å². The molecule has 0 saturated carbocycles. The molecule has 0 bridgehead atoms. The van der Waals surface area contributed by atoms with Gasteiger partial charge >= 0.3 is 24.3 Å². The number of aromatic nitrogens is 2. The lowest BCUT2D eigenvalue weighted by atomic mass is 10.1. The molecule has 204 valence electrons. The molecule has 0 radical (unpaired) electrons. The SMILES string of the molecule is CCOC(=O)CCSP(=O)(N[C@H](C)C(=O)OC(C)C)OC[C@H]1O[C@@H](n2ccc(=O)[nH]c2=O)[C@H](O)[C@@H]1O. The number of aliphatic hydroxyl groups excluding tert-OH is 2. The molecule has 0 aliphatic carbocycles. The van der Waals surface area contributed by atoms with Gasteiger partial charge in [-0.3, -0.25) is 28.5 Å². The first-order chi connectivity index (χ1) is 16.9. The predicted molar refractivity (Wildman–Crippen MR) is 128 cm³/mol. The molecular weight excluding hydrogens is 521 g/mol. The second-order valence-corrected chi connectivity index (χ2v) is 12.5. The Bertz CT molecular complexity index is 1060. The third-order valence-electron chi connectivity index (χ3n) is 4.80. The summed E-state index contributed by atoms with van der Waals surface area (Å²) >= 11 is 0.748. The van der Waals surface area contributed by atoms with E-state index < -0.39 is 73.2 Å². The van der Waals surface area contributed by atoms with Crippen molar-refractivity contribution in [1.82, 2.24) is 14.6 Å². The van der Waals surface area contributed by atoms with E-state index in [1.165, 1.54) is 6.92 Å². The minimum atomic E-state index is -3.89. The Hall–Kier alpha value is -2.00. The van der Waals surface area contributed by atoms with Crippen LogP contribution < -0.4 is 16.3 Å². The predicted octanol–water partition coefficient (Wildman–Crippen LogP) is -0.103. The van der Waals surface area contributed by atoms with E-state index in [-0.39, 0.29) is 18.8 Å². The zero-order valence-corrected chi connectivity index (χ0v) is 22.0. The van der Waals surface area contributed by atoms with Gasteiger partial charge in [-0.2, -0.15) is 0 Å². The molecule has 36 heavy (non-hydrogen) atoms. The Morgan fingerprint density at radius 3 is 2.58 bits per heavy atom. The Kier molecular flexibility index (Phi) is 11.3. The van der Waals surface area contributed by atoms with Crippen molar-refractivity contribution in [3.63, 3.8) is 0 Å². The summed E-state index contributed by atoms with van der Waals surface area (Å²) in [5, 5.41) is 23.4. The number of nitrogens with zero attached hydrogens (tertiary/aromatic N) is 1. The molecule has 1 aromatic rings. The van der Waals surface area contributed by atoms with Crippen LogP contribution in [0.25, 0.3) is 0 Å². The summed E-state index contributed by atoms with van der Waals surface area (Å²) in [6.07, 6.45) is -5.04. The topological polar surface area (TPSA) is 195 Å². The molecular formula is C20H32N3O11PS. The van der Waals surface area contributed by atoms with E-state index in [1.54, 1.807) is 20.8 Å². The van der Waals surface area contributed by atoms with E-state index in [0.717, 1.165) is 28.2 Å². The first-order valence-corrected chi connectivity index (χ1v) is 14.4. The number of nitrogens with one attached hydrogen (secondary N) is 2. The van der Waals surface area contributed by atoms with Crippen molar-refractivity contribution < 1.29 is 43.1 Å². The number of carbonyl (C=O) groups excluding carboxylic acids is 2. The van der Waals surface area contributed by atoms with E-state index >= 15 is 0 Å².